The quantitative estimate of drug-likeness (QED) is 0.642. The fraction of sp³-hybridized carbons (Fsp3) is 0.565. The van der Waals surface area contributed by atoms with Gasteiger partial charge in [-0.15, -0.1) is 11.8 Å². The first-order chi connectivity index (χ1) is 14.6. The van der Waals surface area contributed by atoms with Crippen molar-refractivity contribution in [3.8, 4) is 0 Å². The third-order valence-electron chi connectivity index (χ3n) is 6.25. The molecule has 1 amide bonds. The Hall–Kier alpha value is -1.86. The third-order valence-corrected chi connectivity index (χ3v) is 7.47. The van der Waals surface area contributed by atoms with E-state index in [0.29, 0.717) is 17.7 Å². The molecule has 2 atom stereocenters. The van der Waals surface area contributed by atoms with Gasteiger partial charge in [0.15, 0.2) is 0 Å². The number of aromatic nitrogens is 1. The van der Waals surface area contributed by atoms with E-state index in [4.69, 9.17) is 4.52 Å². The van der Waals surface area contributed by atoms with Crippen LogP contribution in [-0.4, -0.2) is 52.3 Å². The van der Waals surface area contributed by atoms with Gasteiger partial charge in [-0.1, -0.05) is 24.4 Å². The fourth-order valence-electron chi connectivity index (χ4n) is 4.71. The van der Waals surface area contributed by atoms with Crippen molar-refractivity contribution in [3.63, 3.8) is 0 Å². The van der Waals surface area contributed by atoms with E-state index in [-0.39, 0.29) is 17.8 Å². The molecule has 2 fully saturated rings. The van der Waals surface area contributed by atoms with E-state index in [2.05, 4.69) is 10.1 Å². The van der Waals surface area contributed by atoms with E-state index in [0.717, 1.165) is 30.1 Å². The first-order valence-corrected chi connectivity index (χ1v) is 11.8. The number of likely N-dealkylation sites (N-methyl/N-ethyl adjacent to an activating group) is 1. The summed E-state index contributed by atoms with van der Waals surface area (Å²) >= 11 is 1.76. The average Bonchev–Trinajstić information content (AvgIpc) is 3.40. The van der Waals surface area contributed by atoms with E-state index in [1.54, 1.807) is 22.7 Å². The van der Waals surface area contributed by atoms with Crippen molar-refractivity contribution < 1.29 is 13.7 Å². The van der Waals surface area contributed by atoms with Crippen LogP contribution in [0.15, 0.2) is 46.0 Å². The molecule has 30 heavy (non-hydrogen) atoms. The average molecular weight is 432 g/mol. The predicted molar refractivity (Wildman–Crippen MR) is 116 cm³/mol. The summed E-state index contributed by atoms with van der Waals surface area (Å²) in [7, 11) is 1.84. The molecular formula is C23H30FN3O2S. The first kappa shape index (κ1) is 21.4. The molecule has 0 spiro atoms. The Morgan fingerprint density at radius 1 is 1.23 bits per heavy atom. The van der Waals surface area contributed by atoms with Crippen LogP contribution in [0.4, 0.5) is 4.39 Å². The number of nitrogens with zero attached hydrogens (tertiary/aromatic N) is 3. The van der Waals surface area contributed by atoms with Gasteiger partial charge in [-0.2, -0.15) is 0 Å². The Labute approximate surface area is 182 Å². The van der Waals surface area contributed by atoms with E-state index in [1.807, 2.05) is 19.2 Å². The maximum Gasteiger partial charge on any atom is 0.240 e. The molecule has 1 saturated carbocycles. The molecule has 0 unspecified atom stereocenters. The molecule has 162 valence electrons. The highest BCUT2D eigenvalue weighted by Crippen LogP contribution is 2.35. The molecule has 1 aliphatic heterocycles. The summed E-state index contributed by atoms with van der Waals surface area (Å²) in [6, 6.07) is 8.36. The molecular weight excluding hydrogens is 401 g/mol. The number of halogens is 1. The van der Waals surface area contributed by atoms with Gasteiger partial charge in [0.25, 0.3) is 0 Å². The Morgan fingerprint density at radius 2 is 2.00 bits per heavy atom. The second-order valence-electron chi connectivity index (χ2n) is 8.59. The Balaban J connectivity index is 1.43. The second kappa shape index (κ2) is 9.96. The lowest BCUT2D eigenvalue weighted by Gasteiger charge is -2.32. The molecule has 2 heterocycles. The number of benzene rings is 1. The summed E-state index contributed by atoms with van der Waals surface area (Å²) in [4.78, 5) is 18.6. The SMILES string of the molecule is CN(Cc1ccon1)C(=O)[C@@H]1C[C@@H](Sc2ccc(F)cc2)CN1CC1CCCCC1. The van der Waals surface area contributed by atoms with Gasteiger partial charge in [-0.3, -0.25) is 9.69 Å². The van der Waals surface area contributed by atoms with Crippen molar-refractivity contribution in [2.75, 3.05) is 20.1 Å². The monoisotopic (exact) mass is 431 g/mol. The molecule has 7 heteroatoms. The second-order valence-corrected chi connectivity index (χ2v) is 9.96. The summed E-state index contributed by atoms with van der Waals surface area (Å²) < 4.78 is 18.2. The molecule has 1 aromatic carbocycles. The lowest BCUT2D eigenvalue weighted by molar-refractivity contribution is -0.135. The zero-order chi connectivity index (χ0) is 20.9. The highest BCUT2D eigenvalue weighted by molar-refractivity contribution is 8.00. The minimum atomic E-state index is -0.216. The summed E-state index contributed by atoms with van der Waals surface area (Å²) in [6.07, 6.45) is 8.82. The molecule has 2 aliphatic rings. The number of thioether (sulfide) groups is 1. The van der Waals surface area contributed by atoms with E-state index >= 15 is 0 Å². The lowest BCUT2D eigenvalue weighted by atomic mass is 9.89. The van der Waals surface area contributed by atoms with Gasteiger partial charge in [0.1, 0.15) is 17.8 Å². The minimum Gasteiger partial charge on any atom is -0.364 e. The summed E-state index contributed by atoms with van der Waals surface area (Å²) in [5, 5.41) is 4.27. The van der Waals surface area contributed by atoms with Crippen LogP contribution < -0.4 is 0 Å². The number of likely N-dealkylation sites (tertiary alicyclic amines) is 1. The van der Waals surface area contributed by atoms with Crippen molar-refractivity contribution in [1.82, 2.24) is 15.0 Å². The number of rotatable bonds is 7. The smallest absolute Gasteiger partial charge is 0.240 e. The molecule has 1 aliphatic carbocycles. The Bertz CT molecular complexity index is 808. The third kappa shape index (κ3) is 5.43. The molecule has 5 nitrogen and oxygen atoms in total. The van der Waals surface area contributed by atoms with Crippen LogP contribution >= 0.6 is 11.8 Å². The van der Waals surface area contributed by atoms with Gasteiger partial charge in [0.2, 0.25) is 5.91 Å². The molecule has 1 saturated heterocycles. The van der Waals surface area contributed by atoms with E-state index in [9.17, 15) is 9.18 Å². The fourth-order valence-corrected chi connectivity index (χ4v) is 5.93. The van der Waals surface area contributed by atoms with E-state index in [1.165, 1.54) is 50.5 Å². The predicted octanol–water partition coefficient (Wildman–Crippen LogP) is 4.59. The minimum absolute atomic E-state index is 0.109. The van der Waals surface area contributed by atoms with Gasteiger partial charge in [0.05, 0.1) is 12.6 Å². The summed E-state index contributed by atoms with van der Waals surface area (Å²) in [5.74, 6) is 0.618. The van der Waals surface area contributed by atoms with Crippen molar-refractivity contribution in [1.29, 1.82) is 0 Å². The number of carbonyl (C=O) groups excluding carboxylic acids is 1. The molecule has 1 aromatic heterocycles. The number of carbonyl (C=O) groups is 1. The normalized spacial score (nSPS) is 23.0. The summed E-state index contributed by atoms with van der Waals surface area (Å²) in [6.45, 7) is 2.35. The molecule has 2 aromatic rings. The number of hydrogen-bond donors (Lipinski definition) is 0. The Morgan fingerprint density at radius 3 is 2.70 bits per heavy atom. The van der Waals surface area contributed by atoms with Crippen LogP contribution in [0.1, 0.15) is 44.2 Å². The first-order valence-electron chi connectivity index (χ1n) is 10.9. The standard InChI is InChI=1S/C23H30FN3O2S/c1-26(15-19-11-12-29-25-19)23(28)22-13-21(30-20-9-7-18(24)8-10-20)16-27(22)14-17-5-3-2-4-6-17/h7-12,17,21-22H,2-6,13-16H2,1H3/t21-,22+/m1/s1. The van der Waals surface area contributed by atoms with Gasteiger partial charge in [-0.05, 0) is 49.4 Å². The molecule has 0 radical (unpaired) electrons. The van der Waals surface area contributed by atoms with Gasteiger partial charge >= 0.3 is 0 Å². The zero-order valence-electron chi connectivity index (χ0n) is 17.5. The largest absolute Gasteiger partial charge is 0.364 e. The summed E-state index contributed by atoms with van der Waals surface area (Å²) in [5.41, 5.74) is 0.764. The highest BCUT2D eigenvalue weighted by Gasteiger charge is 2.39. The van der Waals surface area contributed by atoms with Crippen LogP contribution in [0.25, 0.3) is 0 Å². The van der Waals surface area contributed by atoms with Crippen LogP contribution in [0, 0.1) is 11.7 Å². The number of amides is 1. The molecule has 0 bridgehead atoms. The van der Waals surface area contributed by atoms with Crippen molar-refractivity contribution in [2.45, 2.75) is 61.3 Å². The van der Waals surface area contributed by atoms with Crippen molar-refractivity contribution in [2.24, 2.45) is 5.92 Å². The van der Waals surface area contributed by atoms with E-state index < -0.39 is 0 Å². The van der Waals surface area contributed by atoms with Gasteiger partial charge in [-0.25, -0.2) is 4.39 Å². The number of hydrogen-bond acceptors (Lipinski definition) is 5. The lowest BCUT2D eigenvalue weighted by Crippen LogP contribution is -2.45. The van der Waals surface area contributed by atoms with Crippen molar-refractivity contribution >= 4 is 17.7 Å². The van der Waals surface area contributed by atoms with Crippen molar-refractivity contribution in [3.05, 3.63) is 48.1 Å². The van der Waals surface area contributed by atoms with Crippen LogP contribution in [0.5, 0.6) is 0 Å². The highest BCUT2D eigenvalue weighted by atomic mass is 32.2. The Kier molecular flexibility index (Phi) is 7.10. The maximum absolute atomic E-state index is 13.3. The van der Waals surface area contributed by atoms with Crippen LogP contribution in [-0.2, 0) is 11.3 Å². The zero-order valence-corrected chi connectivity index (χ0v) is 18.3. The van der Waals surface area contributed by atoms with Crippen LogP contribution in [0.3, 0.4) is 0 Å². The molecule has 4 rings (SSSR count). The van der Waals surface area contributed by atoms with Gasteiger partial charge in [0, 0.05) is 36.3 Å². The topological polar surface area (TPSA) is 49.6 Å². The van der Waals surface area contributed by atoms with Gasteiger partial charge < -0.3 is 9.42 Å². The molecule has 0 N–H and O–H groups in total. The van der Waals surface area contributed by atoms with Crippen LogP contribution in [0.2, 0.25) is 0 Å². The maximum atomic E-state index is 13.3.